The van der Waals surface area contributed by atoms with Gasteiger partial charge in [-0.3, -0.25) is 0 Å². The molecule has 0 aromatic heterocycles. The summed E-state index contributed by atoms with van der Waals surface area (Å²) >= 11 is 0. The highest BCUT2D eigenvalue weighted by Gasteiger charge is 2.06. The Kier molecular flexibility index (Phi) is 28.8. The molecule has 0 bridgehead atoms. The Morgan fingerprint density at radius 2 is 0.743 bits per heavy atom. The lowest BCUT2D eigenvalue weighted by Crippen LogP contribution is -2.00. The van der Waals surface area contributed by atoms with Gasteiger partial charge in [0.05, 0.1) is 0 Å². The van der Waals surface area contributed by atoms with Crippen molar-refractivity contribution >= 4 is 5.97 Å². The molecule has 1 N–H and O–H groups in total. The van der Waals surface area contributed by atoms with Crippen LogP contribution in [-0.4, -0.2) is 11.1 Å². The van der Waals surface area contributed by atoms with Crippen LogP contribution in [0.3, 0.4) is 0 Å². The SMILES string of the molecule is CCCCCCCCCCCCCCCCCC=C(CCCCCCCCCCCCC)C(=O)O. The van der Waals surface area contributed by atoms with Gasteiger partial charge in [-0.15, -0.1) is 0 Å². The van der Waals surface area contributed by atoms with Crippen LogP contribution in [0.2, 0.25) is 0 Å². The van der Waals surface area contributed by atoms with E-state index in [2.05, 4.69) is 13.8 Å². The minimum atomic E-state index is -0.696. The van der Waals surface area contributed by atoms with E-state index < -0.39 is 5.97 Å². The summed E-state index contributed by atoms with van der Waals surface area (Å²) in [4.78, 5) is 11.5. The van der Waals surface area contributed by atoms with Crippen molar-refractivity contribution < 1.29 is 9.90 Å². The molecule has 2 nitrogen and oxygen atoms in total. The second kappa shape index (κ2) is 29.4. The van der Waals surface area contributed by atoms with Crippen molar-refractivity contribution in [3.05, 3.63) is 11.6 Å². The molecule has 0 spiro atoms. The molecule has 208 valence electrons. The largest absolute Gasteiger partial charge is 0.478 e. The summed E-state index contributed by atoms with van der Waals surface area (Å²) in [6.45, 7) is 4.55. The summed E-state index contributed by atoms with van der Waals surface area (Å²) in [5, 5.41) is 9.49. The van der Waals surface area contributed by atoms with Gasteiger partial charge in [0.15, 0.2) is 0 Å². The smallest absolute Gasteiger partial charge is 0.331 e. The average molecular weight is 493 g/mol. The monoisotopic (exact) mass is 492 g/mol. The van der Waals surface area contributed by atoms with Crippen LogP contribution in [0.1, 0.15) is 194 Å². The number of aliphatic carboxylic acids is 1. The van der Waals surface area contributed by atoms with E-state index in [4.69, 9.17) is 0 Å². The van der Waals surface area contributed by atoms with Crippen molar-refractivity contribution in [2.24, 2.45) is 0 Å². The Bertz CT molecular complexity index is 454. The van der Waals surface area contributed by atoms with Crippen LogP contribution < -0.4 is 0 Å². The van der Waals surface area contributed by atoms with E-state index in [0.717, 1.165) is 25.7 Å². The van der Waals surface area contributed by atoms with Gasteiger partial charge in [0.25, 0.3) is 0 Å². The van der Waals surface area contributed by atoms with Crippen molar-refractivity contribution in [1.82, 2.24) is 0 Å². The first-order valence-electron chi connectivity index (χ1n) is 16.1. The van der Waals surface area contributed by atoms with E-state index in [1.807, 2.05) is 6.08 Å². The number of carboxylic acid groups (broad SMARTS) is 1. The maximum absolute atomic E-state index is 11.5. The fourth-order valence-electron chi connectivity index (χ4n) is 5.07. The Hall–Kier alpha value is -0.790. The third kappa shape index (κ3) is 27.6. The third-order valence-electron chi connectivity index (χ3n) is 7.52. The molecule has 0 aromatic carbocycles. The molecule has 0 atom stereocenters. The molecule has 0 unspecified atom stereocenters. The van der Waals surface area contributed by atoms with Crippen LogP contribution in [0.5, 0.6) is 0 Å². The Labute approximate surface area is 221 Å². The molecule has 0 fully saturated rings. The number of hydrogen-bond acceptors (Lipinski definition) is 1. The molecule has 0 saturated carbocycles. The van der Waals surface area contributed by atoms with E-state index in [9.17, 15) is 9.90 Å². The van der Waals surface area contributed by atoms with E-state index in [1.54, 1.807) is 0 Å². The molecular weight excluding hydrogens is 428 g/mol. The molecule has 0 heterocycles. The van der Waals surface area contributed by atoms with Crippen molar-refractivity contribution in [2.45, 2.75) is 194 Å². The van der Waals surface area contributed by atoms with Crippen molar-refractivity contribution in [2.75, 3.05) is 0 Å². The zero-order valence-corrected chi connectivity index (χ0v) is 24.2. The molecule has 0 radical (unpaired) electrons. The zero-order chi connectivity index (χ0) is 25.7. The molecule has 0 amide bonds. The number of hydrogen-bond donors (Lipinski definition) is 1. The van der Waals surface area contributed by atoms with E-state index in [1.165, 1.54) is 154 Å². The molecule has 35 heavy (non-hydrogen) atoms. The van der Waals surface area contributed by atoms with Gasteiger partial charge in [0, 0.05) is 5.57 Å². The van der Waals surface area contributed by atoms with E-state index in [0.29, 0.717) is 5.57 Å². The van der Waals surface area contributed by atoms with Gasteiger partial charge in [-0.25, -0.2) is 4.79 Å². The summed E-state index contributed by atoms with van der Waals surface area (Å²) in [5.41, 5.74) is 0.659. The van der Waals surface area contributed by atoms with Crippen LogP contribution in [0, 0.1) is 0 Å². The lowest BCUT2D eigenvalue weighted by atomic mass is 10.0. The van der Waals surface area contributed by atoms with E-state index >= 15 is 0 Å². The third-order valence-corrected chi connectivity index (χ3v) is 7.52. The van der Waals surface area contributed by atoms with Crippen molar-refractivity contribution in [3.8, 4) is 0 Å². The fourth-order valence-corrected chi connectivity index (χ4v) is 5.07. The van der Waals surface area contributed by atoms with Gasteiger partial charge in [-0.1, -0.05) is 174 Å². The predicted octanol–water partition coefficient (Wildman–Crippen LogP) is 12.0. The molecular formula is C33H64O2. The normalized spacial score (nSPS) is 11.9. The van der Waals surface area contributed by atoms with Gasteiger partial charge < -0.3 is 5.11 Å². The molecule has 0 aliphatic rings. The minimum absolute atomic E-state index is 0.659. The van der Waals surface area contributed by atoms with Crippen LogP contribution in [0.15, 0.2) is 11.6 Å². The number of carboxylic acids is 1. The molecule has 2 heteroatoms. The van der Waals surface area contributed by atoms with Crippen LogP contribution >= 0.6 is 0 Å². The second-order valence-electron chi connectivity index (χ2n) is 11.1. The Balaban J connectivity index is 3.48. The summed E-state index contributed by atoms with van der Waals surface area (Å²) in [7, 11) is 0. The Morgan fingerprint density at radius 3 is 1.06 bits per heavy atom. The molecule has 0 aliphatic heterocycles. The van der Waals surface area contributed by atoms with Gasteiger partial charge in [0.2, 0.25) is 0 Å². The first-order chi connectivity index (χ1) is 17.2. The average Bonchev–Trinajstić information content (AvgIpc) is 2.85. The summed E-state index contributed by atoms with van der Waals surface area (Å²) in [6, 6.07) is 0. The summed E-state index contributed by atoms with van der Waals surface area (Å²) < 4.78 is 0. The zero-order valence-electron chi connectivity index (χ0n) is 24.2. The number of rotatable bonds is 29. The fraction of sp³-hybridized carbons (Fsp3) is 0.909. The van der Waals surface area contributed by atoms with Crippen LogP contribution in [0.25, 0.3) is 0 Å². The number of unbranched alkanes of at least 4 members (excludes halogenated alkanes) is 25. The van der Waals surface area contributed by atoms with Gasteiger partial charge in [0.1, 0.15) is 0 Å². The van der Waals surface area contributed by atoms with Crippen LogP contribution in [-0.2, 0) is 4.79 Å². The highest BCUT2D eigenvalue weighted by Crippen LogP contribution is 2.17. The van der Waals surface area contributed by atoms with Crippen LogP contribution in [0.4, 0.5) is 0 Å². The lowest BCUT2D eigenvalue weighted by Gasteiger charge is -2.05. The maximum Gasteiger partial charge on any atom is 0.331 e. The minimum Gasteiger partial charge on any atom is -0.478 e. The highest BCUT2D eigenvalue weighted by atomic mass is 16.4. The quantitative estimate of drug-likeness (QED) is 0.0832. The first-order valence-corrected chi connectivity index (χ1v) is 16.1. The Morgan fingerprint density at radius 1 is 0.457 bits per heavy atom. The molecule has 0 aromatic rings. The molecule has 0 rings (SSSR count). The standard InChI is InChI=1S/C33H64O2/c1-3-5-7-9-11-13-15-16-17-18-19-21-23-25-27-29-31-32(33(34)35)30-28-26-24-22-20-14-12-10-8-6-4-2/h31H,3-30H2,1-2H3,(H,34,35). The summed E-state index contributed by atoms with van der Waals surface area (Å²) in [5.74, 6) is -0.696. The number of carbonyl (C=O) groups is 1. The second-order valence-corrected chi connectivity index (χ2v) is 11.1. The van der Waals surface area contributed by atoms with Gasteiger partial charge >= 0.3 is 5.97 Å². The maximum atomic E-state index is 11.5. The molecule has 0 aliphatic carbocycles. The van der Waals surface area contributed by atoms with Crippen molar-refractivity contribution in [1.29, 1.82) is 0 Å². The molecule has 0 saturated heterocycles. The summed E-state index contributed by atoms with van der Waals surface area (Å²) in [6.07, 6.45) is 38.8. The van der Waals surface area contributed by atoms with Gasteiger partial charge in [-0.2, -0.15) is 0 Å². The predicted molar refractivity (Wildman–Crippen MR) is 156 cm³/mol. The van der Waals surface area contributed by atoms with E-state index in [-0.39, 0.29) is 0 Å². The lowest BCUT2D eigenvalue weighted by molar-refractivity contribution is -0.132. The van der Waals surface area contributed by atoms with Gasteiger partial charge in [-0.05, 0) is 25.7 Å². The topological polar surface area (TPSA) is 37.3 Å². The van der Waals surface area contributed by atoms with Crippen molar-refractivity contribution in [3.63, 3.8) is 0 Å². The number of allylic oxidation sites excluding steroid dienone is 1. The first kappa shape index (κ1) is 34.2. The highest BCUT2D eigenvalue weighted by molar-refractivity contribution is 5.86.